The fourth-order valence-corrected chi connectivity index (χ4v) is 3.23. The van der Waals surface area contributed by atoms with E-state index < -0.39 is 23.8 Å². The second-order valence-electron chi connectivity index (χ2n) is 7.06. The molecule has 0 aliphatic heterocycles. The summed E-state index contributed by atoms with van der Waals surface area (Å²) in [5, 5.41) is 12.1. The number of hydrogen-bond acceptors (Lipinski definition) is 4. The van der Waals surface area contributed by atoms with Gasteiger partial charge in [0.1, 0.15) is 6.04 Å². The van der Waals surface area contributed by atoms with Crippen LogP contribution in [0.25, 0.3) is 0 Å². The van der Waals surface area contributed by atoms with Gasteiger partial charge in [-0.3, -0.25) is 9.59 Å². The Morgan fingerprint density at radius 1 is 0.967 bits per heavy atom. The second kappa shape index (κ2) is 10.2. The van der Waals surface area contributed by atoms with Crippen molar-refractivity contribution in [3.8, 4) is 0 Å². The van der Waals surface area contributed by atoms with Crippen LogP contribution in [0.2, 0.25) is 0 Å². The van der Waals surface area contributed by atoms with Gasteiger partial charge in [-0.2, -0.15) is 0 Å². The molecule has 0 saturated heterocycles. The van der Waals surface area contributed by atoms with Crippen LogP contribution in [0.15, 0.2) is 73.2 Å². The standard InChI is InChI=1S/C23H23N3O4/c27-21(17-9-5-2-6-10-17)12-18(11-16-7-3-1-4-8-16)22(28)26-20(23(29)30)13-19-14-24-15-25-19/h1-10,14-15,18,20H,11-13H2,(H,24,25)(H,26,28)(H,29,30)/t18-,20+/m0/s1. The summed E-state index contributed by atoms with van der Waals surface area (Å²) in [5.74, 6) is -2.46. The zero-order valence-corrected chi connectivity index (χ0v) is 16.3. The molecule has 0 unspecified atom stereocenters. The van der Waals surface area contributed by atoms with E-state index in [-0.39, 0.29) is 18.6 Å². The molecule has 0 bridgehead atoms. The Hall–Kier alpha value is -3.74. The average Bonchev–Trinajstić information content (AvgIpc) is 3.27. The molecule has 0 spiro atoms. The number of imidazole rings is 1. The molecular formula is C23H23N3O4. The highest BCUT2D eigenvalue weighted by atomic mass is 16.4. The summed E-state index contributed by atoms with van der Waals surface area (Å²) in [6.07, 6.45) is 3.36. The second-order valence-corrected chi connectivity index (χ2v) is 7.06. The van der Waals surface area contributed by atoms with E-state index >= 15 is 0 Å². The third-order valence-corrected chi connectivity index (χ3v) is 4.82. The number of benzene rings is 2. The number of aromatic nitrogens is 2. The number of hydrogen-bond donors (Lipinski definition) is 3. The molecule has 154 valence electrons. The van der Waals surface area contributed by atoms with E-state index in [9.17, 15) is 19.5 Å². The molecule has 0 radical (unpaired) electrons. The molecule has 0 fully saturated rings. The molecular weight excluding hydrogens is 382 g/mol. The Morgan fingerprint density at radius 3 is 2.23 bits per heavy atom. The van der Waals surface area contributed by atoms with E-state index in [1.807, 2.05) is 36.4 Å². The molecule has 1 aromatic heterocycles. The van der Waals surface area contributed by atoms with Gasteiger partial charge in [0.25, 0.3) is 0 Å². The number of aromatic amines is 1. The summed E-state index contributed by atoms with van der Waals surface area (Å²) in [6.45, 7) is 0. The Bertz CT molecular complexity index is 972. The van der Waals surface area contributed by atoms with E-state index in [0.29, 0.717) is 17.7 Å². The number of aliphatic carboxylic acids is 1. The summed E-state index contributed by atoms with van der Waals surface area (Å²) in [4.78, 5) is 44.1. The van der Waals surface area contributed by atoms with Gasteiger partial charge >= 0.3 is 5.97 Å². The monoisotopic (exact) mass is 405 g/mol. The summed E-state index contributed by atoms with van der Waals surface area (Å²) in [6, 6.07) is 17.0. The molecule has 2 aromatic carbocycles. The number of amides is 1. The zero-order valence-electron chi connectivity index (χ0n) is 16.3. The minimum Gasteiger partial charge on any atom is -0.480 e. The first-order valence-corrected chi connectivity index (χ1v) is 9.65. The van der Waals surface area contributed by atoms with Crippen molar-refractivity contribution in [2.75, 3.05) is 0 Å². The maximum absolute atomic E-state index is 13.0. The van der Waals surface area contributed by atoms with Crippen molar-refractivity contribution in [1.29, 1.82) is 0 Å². The lowest BCUT2D eigenvalue weighted by atomic mass is 9.91. The van der Waals surface area contributed by atoms with Crippen LogP contribution >= 0.6 is 0 Å². The van der Waals surface area contributed by atoms with Crippen molar-refractivity contribution in [2.45, 2.75) is 25.3 Å². The minimum absolute atomic E-state index is 0.0128. The third kappa shape index (κ3) is 5.88. The summed E-state index contributed by atoms with van der Waals surface area (Å²) < 4.78 is 0. The van der Waals surface area contributed by atoms with E-state index in [2.05, 4.69) is 15.3 Å². The Labute approximate surface area is 174 Å². The first-order valence-electron chi connectivity index (χ1n) is 9.65. The largest absolute Gasteiger partial charge is 0.480 e. The molecule has 7 heteroatoms. The van der Waals surface area contributed by atoms with E-state index in [0.717, 1.165) is 5.56 Å². The van der Waals surface area contributed by atoms with Crippen molar-refractivity contribution in [1.82, 2.24) is 15.3 Å². The molecule has 7 nitrogen and oxygen atoms in total. The Morgan fingerprint density at radius 2 is 1.63 bits per heavy atom. The number of H-pyrrole nitrogens is 1. The lowest BCUT2D eigenvalue weighted by Gasteiger charge is -2.20. The maximum Gasteiger partial charge on any atom is 0.326 e. The van der Waals surface area contributed by atoms with Crippen LogP contribution < -0.4 is 5.32 Å². The van der Waals surface area contributed by atoms with E-state index in [1.165, 1.54) is 12.5 Å². The van der Waals surface area contributed by atoms with E-state index in [4.69, 9.17) is 0 Å². The van der Waals surface area contributed by atoms with Gasteiger partial charge in [0.2, 0.25) is 5.91 Å². The van der Waals surface area contributed by atoms with Gasteiger partial charge in [-0.1, -0.05) is 60.7 Å². The molecule has 1 amide bonds. The molecule has 0 aliphatic rings. The van der Waals surface area contributed by atoms with Crippen LogP contribution in [-0.2, 0) is 22.4 Å². The highest BCUT2D eigenvalue weighted by Gasteiger charge is 2.28. The molecule has 0 aliphatic carbocycles. The molecule has 3 aromatic rings. The predicted octanol–water partition coefficient (Wildman–Crippen LogP) is 2.65. The molecule has 2 atom stereocenters. The first kappa shape index (κ1) is 21.0. The van der Waals surface area contributed by atoms with Gasteiger partial charge in [0.05, 0.1) is 6.33 Å². The lowest BCUT2D eigenvalue weighted by Crippen LogP contribution is -2.45. The SMILES string of the molecule is O=C(C[C@H](Cc1ccccc1)C(=O)N[C@H](Cc1cnc[nH]1)C(=O)O)c1ccccc1. The van der Waals surface area contributed by atoms with Crippen LogP contribution in [-0.4, -0.2) is 38.8 Å². The third-order valence-electron chi connectivity index (χ3n) is 4.82. The van der Waals surface area contributed by atoms with Crippen LogP contribution in [0.1, 0.15) is 28.0 Å². The fourth-order valence-electron chi connectivity index (χ4n) is 3.23. The van der Waals surface area contributed by atoms with Gasteiger partial charge in [0, 0.05) is 36.2 Å². The smallest absolute Gasteiger partial charge is 0.326 e. The van der Waals surface area contributed by atoms with Gasteiger partial charge in [-0.15, -0.1) is 0 Å². The molecule has 30 heavy (non-hydrogen) atoms. The van der Waals surface area contributed by atoms with Crippen molar-refractivity contribution in [3.05, 3.63) is 90.0 Å². The van der Waals surface area contributed by atoms with Crippen LogP contribution in [0, 0.1) is 5.92 Å². The maximum atomic E-state index is 13.0. The topological polar surface area (TPSA) is 112 Å². The number of nitrogens with one attached hydrogen (secondary N) is 2. The van der Waals surface area contributed by atoms with Gasteiger partial charge in [-0.05, 0) is 12.0 Å². The predicted molar refractivity (Wildman–Crippen MR) is 111 cm³/mol. The highest BCUT2D eigenvalue weighted by molar-refractivity contribution is 5.99. The van der Waals surface area contributed by atoms with Gasteiger partial charge < -0.3 is 15.4 Å². The highest BCUT2D eigenvalue weighted by Crippen LogP contribution is 2.17. The number of ketones is 1. The van der Waals surface area contributed by atoms with Crippen LogP contribution in [0.5, 0.6) is 0 Å². The minimum atomic E-state index is -1.15. The van der Waals surface area contributed by atoms with Crippen LogP contribution in [0.4, 0.5) is 0 Å². The summed E-state index contributed by atoms with van der Waals surface area (Å²) >= 11 is 0. The first-order chi connectivity index (χ1) is 14.5. The lowest BCUT2D eigenvalue weighted by molar-refractivity contribution is -0.142. The number of carbonyl (C=O) groups excluding carboxylic acids is 2. The normalized spacial score (nSPS) is 12.7. The number of carboxylic acids is 1. The van der Waals surface area contributed by atoms with Crippen molar-refractivity contribution >= 4 is 17.7 Å². The average molecular weight is 405 g/mol. The number of carboxylic acid groups (broad SMARTS) is 1. The fraction of sp³-hybridized carbons (Fsp3) is 0.217. The number of Topliss-reactive ketones (excluding diaryl/α,β-unsaturated/α-hetero) is 1. The van der Waals surface area contributed by atoms with Crippen molar-refractivity contribution in [3.63, 3.8) is 0 Å². The van der Waals surface area contributed by atoms with Gasteiger partial charge in [0.15, 0.2) is 5.78 Å². The summed E-state index contributed by atoms with van der Waals surface area (Å²) in [7, 11) is 0. The number of carbonyl (C=O) groups is 3. The van der Waals surface area contributed by atoms with Crippen molar-refractivity contribution < 1.29 is 19.5 Å². The van der Waals surface area contributed by atoms with Gasteiger partial charge in [-0.25, -0.2) is 9.78 Å². The molecule has 3 N–H and O–H groups in total. The van der Waals surface area contributed by atoms with Crippen molar-refractivity contribution in [2.24, 2.45) is 5.92 Å². The van der Waals surface area contributed by atoms with E-state index in [1.54, 1.807) is 24.3 Å². The number of nitrogens with zero attached hydrogens (tertiary/aromatic N) is 1. The summed E-state index contributed by atoms with van der Waals surface area (Å²) in [5.41, 5.74) is 2.03. The molecule has 3 rings (SSSR count). The number of rotatable bonds is 10. The molecule has 0 saturated carbocycles. The Kier molecular flexibility index (Phi) is 7.10. The quantitative estimate of drug-likeness (QED) is 0.449. The molecule has 1 heterocycles. The zero-order chi connectivity index (χ0) is 21.3. The van der Waals surface area contributed by atoms with Crippen LogP contribution in [0.3, 0.4) is 0 Å². The Balaban J connectivity index is 1.76.